The van der Waals surface area contributed by atoms with E-state index in [-0.39, 0.29) is 46.2 Å². The molecular weight excluding hydrogens is 648 g/mol. The Morgan fingerprint density at radius 3 is 2.48 bits per heavy atom. The van der Waals surface area contributed by atoms with Gasteiger partial charge in [0.2, 0.25) is 20.5 Å². The van der Waals surface area contributed by atoms with Crippen molar-refractivity contribution in [1.82, 2.24) is 4.90 Å². The maximum Gasteiger partial charge on any atom is 0.378 e. The fourth-order valence-corrected chi connectivity index (χ4v) is 9.14. The molecule has 14 heteroatoms. The van der Waals surface area contributed by atoms with Gasteiger partial charge in [0.25, 0.3) is 11.9 Å². The fourth-order valence-electron chi connectivity index (χ4n) is 7.31. The molecule has 2 saturated carbocycles. The first-order valence-electron chi connectivity index (χ1n) is 15.2. The number of fused-ring (bicyclic) bond motifs is 2. The summed E-state index contributed by atoms with van der Waals surface area (Å²) in [6.45, 7) is 0.943. The van der Waals surface area contributed by atoms with Crippen molar-refractivity contribution in [2.24, 2.45) is 23.7 Å². The van der Waals surface area contributed by atoms with Crippen molar-refractivity contribution < 1.29 is 36.6 Å². The van der Waals surface area contributed by atoms with Gasteiger partial charge in [0.15, 0.2) is 0 Å². The quantitative estimate of drug-likeness (QED) is 0.307. The summed E-state index contributed by atoms with van der Waals surface area (Å²) in [5.74, 6) is -1.28. The molecule has 9 nitrogen and oxygen atoms in total. The molecule has 2 fully saturated rings. The molecule has 3 unspecified atom stereocenters. The zero-order chi connectivity index (χ0) is 33.6. The number of amides is 2. The normalized spacial score (nSPS) is 25.3. The van der Waals surface area contributed by atoms with Gasteiger partial charge in [0, 0.05) is 18.8 Å². The number of nitrogens with one attached hydrogen (secondary N) is 1. The van der Waals surface area contributed by atoms with Crippen LogP contribution in [0.15, 0.2) is 47.4 Å². The Labute approximate surface area is 275 Å². The maximum atomic E-state index is 14.4. The molecule has 2 radical (unpaired) electrons. The number of hydrogen-bond donors (Lipinski definition) is 1. The van der Waals surface area contributed by atoms with E-state index in [1.165, 1.54) is 25.3 Å². The van der Waals surface area contributed by atoms with Crippen molar-refractivity contribution in [2.45, 2.75) is 61.1 Å². The van der Waals surface area contributed by atoms with Crippen LogP contribution in [0.4, 0.5) is 10.1 Å². The summed E-state index contributed by atoms with van der Waals surface area (Å²) in [7, 11) is 8.35. The molecule has 0 spiro atoms. The lowest BCUT2D eigenvalue weighted by Crippen LogP contribution is -2.49. The Bertz CT molecular complexity index is 1700. The number of rotatable bonds is 9. The number of anilines is 1. The minimum Gasteiger partial charge on any atom is -0.543 e. The van der Waals surface area contributed by atoms with Crippen molar-refractivity contribution in [3.05, 3.63) is 53.6 Å². The van der Waals surface area contributed by atoms with Crippen LogP contribution in [0.2, 0.25) is 0 Å². The number of methoxy groups -OCH3 is 1. The third-order valence-corrected chi connectivity index (χ3v) is 13.0. The van der Waals surface area contributed by atoms with Crippen LogP contribution < -0.4 is 15.4 Å². The van der Waals surface area contributed by atoms with Crippen LogP contribution in [-0.2, 0) is 24.1 Å². The molecule has 2 aromatic rings. The minimum atomic E-state index is -4.31. The monoisotopic (exact) mass is 686 g/mol. The Hall–Kier alpha value is -2.81. The third-order valence-electron chi connectivity index (χ3n) is 9.69. The highest BCUT2D eigenvalue weighted by atomic mass is 32.2. The molecule has 3 aliphatic rings. The lowest BCUT2D eigenvalue weighted by Gasteiger charge is -2.37. The zero-order valence-corrected chi connectivity index (χ0v) is 29.1. The topological polar surface area (TPSA) is 119 Å². The van der Waals surface area contributed by atoms with Crippen LogP contribution in [0.25, 0.3) is 5.57 Å². The van der Waals surface area contributed by atoms with Crippen molar-refractivity contribution in [2.75, 3.05) is 19.5 Å². The molecule has 0 aliphatic heterocycles. The summed E-state index contributed by atoms with van der Waals surface area (Å²) >= 11 is 0. The maximum absolute atomic E-state index is 14.4. The van der Waals surface area contributed by atoms with E-state index >= 15 is 0 Å². The molecular formula is C32H38BFN2O7P2S. The molecule has 2 amide bonds. The fraction of sp³-hybridized carbons (Fsp3) is 0.469. The number of hydrogen-bond acceptors (Lipinski definition) is 7. The van der Waals surface area contributed by atoms with Crippen molar-refractivity contribution >= 4 is 70.7 Å². The van der Waals surface area contributed by atoms with Crippen LogP contribution in [0.3, 0.4) is 0 Å². The second kappa shape index (κ2) is 13.4. The largest absolute Gasteiger partial charge is 0.543 e. The van der Waals surface area contributed by atoms with Crippen molar-refractivity contribution in [3.63, 3.8) is 0 Å². The predicted molar refractivity (Wildman–Crippen MR) is 181 cm³/mol. The minimum absolute atomic E-state index is 0.0609. The van der Waals surface area contributed by atoms with Crippen LogP contribution >= 0.6 is 18.5 Å². The van der Waals surface area contributed by atoms with E-state index in [0.717, 1.165) is 42.6 Å². The Morgan fingerprint density at radius 2 is 1.85 bits per heavy atom. The molecule has 0 aromatic heterocycles. The van der Waals surface area contributed by atoms with E-state index in [9.17, 15) is 27.2 Å². The highest BCUT2D eigenvalue weighted by Crippen LogP contribution is 2.51. The van der Waals surface area contributed by atoms with Gasteiger partial charge in [-0.25, -0.2) is 12.8 Å². The van der Waals surface area contributed by atoms with E-state index < -0.39 is 26.5 Å². The SMILES string of the molecule is [B]OC(=O)[C@@H]1CC=C(c2cc(C(=O)N(C)[C@@H]3[C@H]4CC[C@@H](C4)[C@@H]3C(=O)Nc3cccc(S(=O)(=O)C(C)(F)P)c3)c(OC)cc2P)CC1. The van der Waals surface area contributed by atoms with E-state index in [4.69, 9.17) is 12.8 Å². The summed E-state index contributed by atoms with van der Waals surface area (Å²) in [6, 6.07) is 8.78. The number of nitrogens with zero attached hydrogens (tertiary/aromatic N) is 1. The highest BCUT2D eigenvalue weighted by molar-refractivity contribution is 7.96. The Morgan fingerprint density at radius 1 is 1.13 bits per heavy atom. The van der Waals surface area contributed by atoms with Crippen molar-refractivity contribution in [3.8, 4) is 5.75 Å². The predicted octanol–water partition coefficient (Wildman–Crippen LogP) is 4.42. The van der Waals surface area contributed by atoms with Gasteiger partial charge in [-0.15, -0.1) is 9.24 Å². The summed E-state index contributed by atoms with van der Waals surface area (Å²) in [6.07, 6.45) is 6.17. The highest BCUT2D eigenvalue weighted by Gasteiger charge is 2.53. The molecule has 0 heterocycles. The molecule has 2 bridgehead atoms. The second-order valence-electron chi connectivity index (χ2n) is 12.5. The van der Waals surface area contributed by atoms with Crippen LogP contribution in [-0.4, -0.2) is 64.1 Å². The number of carbonyl (C=O) groups excluding carboxylic acids is 3. The lowest BCUT2D eigenvalue weighted by atomic mass is 9.82. The summed E-state index contributed by atoms with van der Waals surface area (Å²) in [5, 5.41) is 3.69. The van der Waals surface area contributed by atoms with Gasteiger partial charge in [-0.3, -0.25) is 14.4 Å². The smallest absolute Gasteiger partial charge is 0.378 e. The molecule has 2 aromatic carbocycles. The van der Waals surface area contributed by atoms with Gasteiger partial charge in [0.05, 0.1) is 29.4 Å². The van der Waals surface area contributed by atoms with E-state index in [1.54, 1.807) is 33.3 Å². The summed E-state index contributed by atoms with van der Waals surface area (Å²) in [5.41, 5.74) is 2.46. The number of allylic oxidation sites excluding steroid dienone is 2. The summed E-state index contributed by atoms with van der Waals surface area (Å²) in [4.78, 5) is 41.3. The standard InChI is InChI=1S/C32H38BFN2O7P2S/c1-32(34,45)46(40,41)22-6-4-5-21(14-22)35-29(37)27-19-11-12-20(13-19)28(27)36(2)30(38)24-15-23(26(44)16-25(24)42-3)17-7-9-18(10-8-17)31(39)43-33/h4-7,14-16,18-20,27-28H,8-13,44-45H2,1-3H3,(H,35,37)/t18-,19+,20+,27+,28-,32?/m1/s1. The Kier molecular flexibility index (Phi) is 10.0. The van der Waals surface area contributed by atoms with Gasteiger partial charge in [-0.2, -0.15) is 0 Å². The van der Waals surface area contributed by atoms with Gasteiger partial charge >= 0.3 is 8.05 Å². The zero-order valence-electron chi connectivity index (χ0n) is 26.0. The third kappa shape index (κ3) is 6.50. The number of benzene rings is 2. The van der Waals surface area contributed by atoms with Gasteiger partial charge in [0.1, 0.15) is 5.75 Å². The number of carbonyl (C=O) groups is 3. The number of sulfone groups is 1. The first kappa shape index (κ1) is 34.5. The summed E-state index contributed by atoms with van der Waals surface area (Å²) < 4.78 is 47.2. The van der Waals surface area contributed by atoms with Gasteiger partial charge in [-0.1, -0.05) is 21.4 Å². The van der Waals surface area contributed by atoms with E-state index in [0.29, 0.717) is 30.6 Å². The first-order valence-corrected chi connectivity index (χ1v) is 17.8. The van der Waals surface area contributed by atoms with Crippen LogP contribution in [0.1, 0.15) is 61.4 Å². The van der Waals surface area contributed by atoms with E-state index in [1.807, 2.05) is 12.1 Å². The number of alkyl halides is 1. The van der Waals surface area contributed by atoms with E-state index in [2.05, 4.69) is 19.2 Å². The molecule has 1 N–H and O–H groups in total. The molecule has 46 heavy (non-hydrogen) atoms. The second-order valence-corrected chi connectivity index (χ2v) is 17.0. The van der Waals surface area contributed by atoms with Gasteiger partial charge < -0.3 is 19.6 Å². The first-order chi connectivity index (χ1) is 21.7. The lowest BCUT2D eigenvalue weighted by molar-refractivity contribution is -0.138. The molecule has 5 rings (SSSR count). The average molecular weight is 686 g/mol. The molecule has 3 aliphatic carbocycles. The van der Waals surface area contributed by atoms with Crippen LogP contribution in [0.5, 0.6) is 5.75 Å². The number of halogens is 1. The van der Waals surface area contributed by atoms with Crippen molar-refractivity contribution in [1.29, 1.82) is 0 Å². The number of ether oxygens (including phenoxy) is 1. The Balaban J connectivity index is 1.40. The molecule has 8 atom stereocenters. The molecule has 0 saturated heterocycles. The average Bonchev–Trinajstić information content (AvgIpc) is 3.65. The molecule has 244 valence electrons. The van der Waals surface area contributed by atoms with Crippen LogP contribution in [0, 0.1) is 23.7 Å². The van der Waals surface area contributed by atoms with Gasteiger partial charge in [-0.05, 0) is 104 Å².